The third-order valence-corrected chi connectivity index (χ3v) is 3.74. The number of likely N-dealkylation sites (N-methyl/N-ethyl adjacent to an activating group) is 1. The van der Waals surface area contributed by atoms with Crippen molar-refractivity contribution in [1.29, 1.82) is 0 Å². The number of rotatable bonds is 5. The van der Waals surface area contributed by atoms with Crippen molar-refractivity contribution in [3.05, 3.63) is 11.4 Å². The average molecular weight is 296 g/mol. The number of ether oxygens (including phenoxy) is 2. The highest BCUT2D eigenvalue weighted by molar-refractivity contribution is 5.93. The van der Waals surface area contributed by atoms with Gasteiger partial charge in [0.25, 0.3) is 0 Å². The van der Waals surface area contributed by atoms with Gasteiger partial charge in [0.2, 0.25) is 0 Å². The molecule has 7 nitrogen and oxygen atoms in total. The predicted octanol–water partition coefficient (Wildman–Crippen LogP) is 0.671. The van der Waals surface area contributed by atoms with Crippen molar-refractivity contribution in [1.82, 2.24) is 14.7 Å². The Balaban J connectivity index is 1.96. The number of nitrogen functional groups attached to an aromatic ring is 1. The highest BCUT2D eigenvalue weighted by atomic mass is 16.6. The summed E-state index contributed by atoms with van der Waals surface area (Å²) in [5.41, 5.74) is 7.28. The van der Waals surface area contributed by atoms with Crippen LogP contribution >= 0.6 is 0 Å². The molecule has 0 bridgehead atoms. The first-order chi connectivity index (χ1) is 10.1. The minimum absolute atomic E-state index is 0.0806. The number of carbonyl (C=O) groups excluding carboxylic acids is 1. The van der Waals surface area contributed by atoms with E-state index in [0.29, 0.717) is 30.2 Å². The van der Waals surface area contributed by atoms with Crippen LogP contribution in [0.3, 0.4) is 0 Å². The Morgan fingerprint density at radius 1 is 1.48 bits per heavy atom. The van der Waals surface area contributed by atoms with Gasteiger partial charge in [-0.1, -0.05) is 6.92 Å². The number of hydrogen-bond acceptors (Lipinski definition) is 6. The second kappa shape index (κ2) is 6.91. The number of esters is 1. The van der Waals surface area contributed by atoms with Crippen molar-refractivity contribution >= 4 is 11.7 Å². The van der Waals surface area contributed by atoms with Crippen LogP contribution in [0.4, 0.5) is 5.69 Å². The summed E-state index contributed by atoms with van der Waals surface area (Å²) in [6.07, 6.45) is -0.0806. The van der Waals surface area contributed by atoms with E-state index in [4.69, 9.17) is 15.2 Å². The van der Waals surface area contributed by atoms with Crippen molar-refractivity contribution < 1.29 is 14.3 Å². The topological polar surface area (TPSA) is 82.6 Å². The Morgan fingerprint density at radius 2 is 2.24 bits per heavy atom. The van der Waals surface area contributed by atoms with Crippen LogP contribution in [0.2, 0.25) is 0 Å². The standard InChI is InChI=1S/C14H24N4O3/c1-4-17-6-7-20-11(8-17)9-21-14(19)13-12(15)10(3)16-18(13)5-2/h11H,4-9,15H2,1-3H3. The fourth-order valence-corrected chi connectivity index (χ4v) is 2.44. The Hall–Kier alpha value is -1.60. The van der Waals surface area contributed by atoms with Gasteiger partial charge in [-0.05, 0) is 20.4 Å². The molecule has 1 aromatic rings. The molecule has 118 valence electrons. The minimum atomic E-state index is -0.438. The molecule has 2 heterocycles. The number of nitrogens with zero attached hydrogens (tertiary/aromatic N) is 3. The number of aryl methyl sites for hydroxylation is 2. The van der Waals surface area contributed by atoms with E-state index in [-0.39, 0.29) is 12.7 Å². The molecule has 1 fully saturated rings. The smallest absolute Gasteiger partial charge is 0.358 e. The average Bonchev–Trinajstić information content (AvgIpc) is 2.80. The van der Waals surface area contributed by atoms with E-state index in [9.17, 15) is 4.79 Å². The zero-order chi connectivity index (χ0) is 15.4. The largest absolute Gasteiger partial charge is 0.458 e. The van der Waals surface area contributed by atoms with Gasteiger partial charge in [0, 0.05) is 19.6 Å². The minimum Gasteiger partial charge on any atom is -0.458 e. The van der Waals surface area contributed by atoms with E-state index >= 15 is 0 Å². The summed E-state index contributed by atoms with van der Waals surface area (Å²) < 4.78 is 12.6. The Bertz CT molecular complexity index is 501. The first-order valence-electron chi connectivity index (χ1n) is 7.40. The number of anilines is 1. The second-order valence-corrected chi connectivity index (χ2v) is 5.15. The van der Waals surface area contributed by atoms with Crippen molar-refractivity contribution in [3.8, 4) is 0 Å². The summed E-state index contributed by atoms with van der Waals surface area (Å²) in [5, 5.41) is 4.22. The molecular weight excluding hydrogens is 272 g/mol. The molecule has 1 aromatic heterocycles. The number of nitrogens with two attached hydrogens (primary N) is 1. The second-order valence-electron chi connectivity index (χ2n) is 5.15. The van der Waals surface area contributed by atoms with Crippen LogP contribution in [0.1, 0.15) is 30.0 Å². The Kier molecular flexibility index (Phi) is 5.19. The van der Waals surface area contributed by atoms with Gasteiger partial charge in [0.15, 0.2) is 5.69 Å². The van der Waals surface area contributed by atoms with Gasteiger partial charge in [-0.15, -0.1) is 0 Å². The fourth-order valence-electron chi connectivity index (χ4n) is 2.44. The third kappa shape index (κ3) is 3.54. The van der Waals surface area contributed by atoms with E-state index in [1.54, 1.807) is 11.6 Å². The molecule has 1 unspecified atom stereocenters. The number of morpholine rings is 1. The van der Waals surface area contributed by atoms with E-state index in [0.717, 1.165) is 19.6 Å². The molecule has 21 heavy (non-hydrogen) atoms. The normalized spacial score (nSPS) is 19.7. The van der Waals surface area contributed by atoms with E-state index in [1.165, 1.54) is 0 Å². The van der Waals surface area contributed by atoms with Crippen LogP contribution in [-0.4, -0.2) is 59.6 Å². The zero-order valence-electron chi connectivity index (χ0n) is 13.0. The Morgan fingerprint density at radius 3 is 2.90 bits per heavy atom. The summed E-state index contributed by atoms with van der Waals surface area (Å²) in [6.45, 7) is 9.97. The molecule has 0 amide bonds. The summed E-state index contributed by atoms with van der Waals surface area (Å²) in [4.78, 5) is 14.5. The van der Waals surface area contributed by atoms with Crippen LogP contribution in [0, 0.1) is 6.92 Å². The maximum atomic E-state index is 12.2. The summed E-state index contributed by atoms with van der Waals surface area (Å²) in [6, 6.07) is 0. The van der Waals surface area contributed by atoms with Gasteiger partial charge in [0.05, 0.1) is 18.0 Å². The van der Waals surface area contributed by atoms with Crippen LogP contribution in [0.5, 0.6) is 0 Å². The third-order valence-electron chi connectivity index (χ3n) is 3.74. The van der Waals surface area contributed by atoms with Crippen LogP contribution in [0.25, 0.3) is 0 Å². The maximum absolute atomic E-state index is 12.2. The highest BCUT2D eigenvalue weighted by Crippen LogP contribution is 2.18. The fraction of sp³-hybridized carbons (Fsp3) is 0.714. The lowest BCUT2D eigenvalue weighted by Gasteiger charge is -2.31. The van der Waals surface area contributed by atoms with Crippen molar-refractivity contribution in [2.45, 2.75) is 33.4 Å². The lowest BCUT2D eigenvalue weighted by Crippen LogP contribution is -2.44. The first-order valence-corrected chi connectivity index (χ1v) is 7.40. The van der Waals surface area contributed by atoms with Crippen LogP contribution < -0.4 is 5.73 Å². The molecule has 1 aliphatic rings. The molecule has 2 rings (SSSR count). The summed E-state index contributed by atoms with van der Waals surface area (Å²) in [5.74, 6) is -0.438. The summed E-state index contributed by atoms with van der Waals surface area (Å²) >= 11 is 0. The molecule has 7 heteroatoms. The molecule has 0 aromatic carbocycles. The molecule has 1 atom stereocenters. The van der Waals surface area contributed by atoms with Crippen molar-refractivity contribution in [2.24, 2.45) is 0 Å². The first kappa shape index (κ1) is 15.8. The quantitative estimate of drug-likeness (QED) is 0.804. The zero-order valence-corrected chi connectivity index (χ0v) is 13.0. The van der Waals surface area contributed by atoms with Crippen LogP contribution in [-0.2, 0) is 16.0 Å². The van der Waals surface area contributed by atoms with Crippen LogP contribution in [0.15, 0.2) is 0 Å². The number of carbonyl (C=O) groups is 1. The van der Waals surface area contributed by atoms with Crippen molar-refractivity contribution in [3.63, 3.8) is 0 Å². The van der Waals surface area contributed by atoms with Gasteiger partial charge in [-0.3, -0.25) is 9.58 Å². The predicted molar refractivity (Wildman–Crippen MR) is 79.2 cm³/mol. The maximum Gasteiger partial charge on any atom is 0.358 e. The molecule has 0 spiro atoms. The van der Waals surface area contributed by atoms with Crippen molar-refractivity contribution in [2.75, 3.05) is 38.6 Å². The number of hydrogen-bond donors (Lipinski definition) is 1. The number of aromatic nitrogens is 2. The highest BCUT2D eigenvalue weighted by Gasteiger charge is 2.24. The lowest BCUT2D eigenvalue weighted by molar-refractivity contribution is -0.0580. The molecular formula is C14H24N4O3. The molecule has 0 saturated carbocycles. The SMILES string of the molecule is CCN1CCOC(COC(=O)c2c(N)c(C)nn2CC)C1. The Labute approximate surface area is 125 Å². The van der Waals surface area contributed by atoms with E-state index < -0.39 is 5.97 Å². The monoisotopic (exact) mass is 296 g/mol. The lowest BCUT2D eigenvalue weighted by atomic mass is 10.3. The molecule has 1 aliphatic heterocycles. The molecule has 0 radical (unpaired) electrons. The van der Waals surface area contributed by atoms with Gasteiger partial charge in [-0.2, -0.15) is 5.10 Å². The van der Waals surface area contributed by atoms with Gasteiger partial charge >= 0.3 is 5.97 Å². The van der Waals surface area contributed by atoms with Gasteiger partial charge in [0.1, 0.15) is 12.7 Å². The molecule has 0 aliphatic carbocycles. The van der Waals surface area contributed by atoms with E-state index in [1.807, 2.05) is 6.92 Å². The molecule has 2 N–H and O–H groups in total. The van der Waals surface area contributed by atoms with E-state index in [2.05, 4.69) is 16.9 Å². The molecule has 1 saturated heterocycles. The van der Waals surface area contributed by atoms with Gasteiger partial charge < -0.3 is 15.2 Å². The van der Waals surface area contributed by atoms with Gasteiger partial charge in [-0.25, -0.2) is 4.79 Å². The summed E-state index contributed by atoms with van der Waals surface area (Å²) in [7, 11) is 0.